The van der Waals surface area contributed by atoms with Gasteiger partial charge in [-0.15, -0.1) is 0 Å². The van der Waals surface area contributed by atoms with Crippen molar-refractivity contribution in [3.05, 3.63) is 74.9 Å². The fourth-order valence-electron chi connectivity index (χ4n) is 2.88. The molecule has 0 fully saturated rings. The molecule has 0 saturated heterocycles. The first-order valence-electron chi connectivity index (χ1n) is 7.79. The summed E-state index contributed by atoms with van der Waals surface area (Å²) < 4.78 is 1.11. The summed E-state index contributed by atoms with van der Waals surface area (Å²) in [5.41, 5.74) is 4.99. The average Bonchev–Trinajstić information content (AvgIpc) is 2.95. The molecule has 0 unspecified atom stereocenters. The zero-order valence-electron chi connectivity index (χ0n) is 13.3. The summed E-state index contributed by atoms with van der Waals surface area (Å²) in [6.07, 6.45) is 5.33. The van der Waals surface area contributed by atoms with Gasteiger partial charge < -0.3 is 10.4 Å². The van der Waals surface area contributed by atoms with Crippen molar-refractivity contribution in [2.24, 2.45) is 0 Å². The number of phenols is 1. The van der Waals surface area contributed by atoms with E-state index >= 15 is 0 Å². The molecule has 128 valence electrons. The van der Waals surface area contributed by atoms with Crippen LogP contribution in [0.15, 0.2) is 63.8 Å². The van der Waals surface area contributed by atoms with Gasteiger partial charge in [-0.2, -0.15) is 0 Å². The number of phenolic OH excluding ortho intramolecular Hbond substituents is 1. The van der Waals surface area contributed by atoms with Crippen LogP contribution < -0.4 is 5.32 Å². The van der Waals surface area contributed by atoms with Crippen LogP contribution >= 0.6 is 31.9 Å². The smallest absolute Gasteiger partial charge is 0.256 e. The summed E-state index contributed by atoms with van der Waals surface area (Å²) in [5, 5.41) is 12.8. The number of fused-ring (bicyclic) bond motifs is 1. The fourth-order valence-corrected chi connectivity index (χ4v) is 4.10. The van der Waals surface area contributed by atoms with Gasteiger partial charge in [0.2, 0.25) is 0 Å². The van der Waals surface area contributed by atoms with Crippen molar-refractivity contribution in [2.75, 3.05) is 5.32 Å². The van der Waals surface area contributed by atoms with E-state index in [4.69, 9.17) is 0 Å². The molecule has 0 bridgehead atoms. The molecular formula is C20H12Br2N2O2. The van der Waals surface area contributed by atoms with Crippen LogP contribution in [0.4, 0.5) is 5.69 Å². The number of nitrogens with one attached hydrogen (secondary N) is 1. The second-order valence-corrected chi connectivity index (χ2v) is 7.56. The average molecular weight is 472 g/mol. The SMILES string of the molecule is O=C1Nc2ccc(-c3cccnc3)cc2/C1=C/c1cc(Br)c(O)c(Br)c1. The highest BCUT2D eigenvalue weighted by Crippen LogP contribution is 2.38. The lowest BCUT2D eigenvalue weighted by molar-refractivity contribution is -0.110. The van der Waals surface area contributed by atoms with E-state index in [-0.39, 0.29) is 11.7 Å². The number of aromatic hydroxyl groups is 1. The Hall–Kier alpha value is -2.44. The number of hydrogen-bond acceptors (Lipinski definition) is 3. The number of pyridine rings is 1. The van der Waals surface area contributed by atoms with Crippen LogP contribution in [-0.4, -0.2) is 16.0 Å². The Labute approximate surface area is 166 Å². The van der Waals surface area contributed by atoms with E-state index in [0.717, 1.165) is 27.9 Å². The van der Waals surface area contributed by atoms with Crippen molar-refractivity contribution in [1.82, 2.24) is 4.98 Å². The van der Waals surface area contributed by atoms with E-state index in [1.807, 2.05) is 36.4 Å². The van der Waals surface area contributed by atoms with Crippen LogP contribution in [0.2, 0.25) is 0 Å². The van der Waals surface area contributed by atoms with Crippen molar-refractivity contribution >= 4 is 55.1 Å². The van der Waals surface area contributed by atoms with Gasteiger partial charge in [-0.05, 0) is 79.4 Å². The molecule has 6 heteroatoms. The number of hydrogen-bond donors (Lipinski definition) is 2. The third-order valence-corrected chi connectivity index (χ3v) is 5.36. The molecule has 0 aliphatic carbocycles. The zero-order chi connectivity index (χ0) is 18.3. The van der Waals surface area contributed by atoms with Gasteiger partial charge in [-0.1, -0.05) is 12.1 Å². The monoisotopic (exact) mass is 470 g/mol. The minimum absolute atomic E-state index is 0.127. The van der Waals surface area contributed by atoms with Crippen LogP contribution in [0.25, 0.3) is 22.8 Å². The lowest BCUT2D eigenvalue weighted by Crippen LogP contribution is -2.03. The number of amides is 1. The number of rotatable bonds is 2. The van der Waals surface area contributed by atoms with Gasteiger partial charge in [0, 0.05) is 34.8 Å². The Kier molecular flexibility index (Phi) is 4.38. The van der Waals surface area contributed by atoms with Gasteiger partial charge in [0.25, 0.3) is 5.91 Å². The van der Waals surface area contributed by atoms with E-state index in [0.29, 0.717) is 14.5 Å². The molecule has 26 heavy (non-hydrogen) atoms. The van der Waals surface area contributed by atoms with Crippen LogP contribution in [0.1, 0.15) is 11.1 Å². The van der Waals surface area contributed by atoms with Crippen molar-refractivity contribution in [3.63, 3.8) is 0 Å². The molecule has 1 aromatic heterocycles. The zero-order valence-corrected chi connectivity index (χ0v) is 16.5. The minimum atomic E-state index is -0.149. The highest BCUT2D eigenvalue weighted by atomic mass is 79.9. The number of aromatic nitrogens is 1. The van der Waals surface area contributed by atoms with Crippen molar-refractivity contribution in [1.29, 1.82) is 0 Å². The molecular weight excluding hydrogens is 460 g/mol. The number of anilines is 1. The summed E-state index contributed by atoms with van der Waals surface area (Å²) in [4.78, 5) is 16.6. The molecule has 2 heterocycles. The van der Waals surface area contributed by atoms with Crippen LogP contribution in [0, 0.1) is 0 Å². The summed E-state index contributed by atoms with van der Waals surface area (Å²) in [7, 11) is 0. The van der Waals surface area contributed by atoms with Gasteiger partial charge in [0.15, 0.2) is 0 Å². The second kappa shape index (κ2) is 6.70. The molecule has 4 rings (SSSR count). The van der Waals surface area contributed by atoms with Gasteiger partial charge in [0.05, 0.1) is 8.95 Å². The van der Waals surface area contributed by atoms with Crippen molar-refractivity contribution in [2.45, 2.75) is 0 Å². The predicted octanol–water partition coefficient (Wildman–Crippen LogP) is 5.47. The summed E-state index contributed by atoms with van der Waals surface area (Å²) >= 11 is 6.64. The number of carbonyl (C=O) groups is 1. The Morgan fingerprint density at radius 3 is 2.50 bits per heavy atom. The largest absolute Gasteiger partial charge is 0.506 e. The first-order valence-corrected chi connectivity index (χ1v) is 9.37. The molecule has 2 N–H and O–H groups in total. The lowest BCUT2D eigenvalue weighted by Gasteiger charge is -2.06. The molecule has 4 nitrogen and oxygen atoms in total. The molecule has 2 aromatic carbocycles. The van der Waals surface area contributed by atoms with Crippen LogP contribution in [0.5, 0.6) is 5.75 Å². The quantitative estimate of drug-likeness (QED) is 0.487. The van der Waals surface area contributed by atoms with Gasteiger partial charge in [-0.25, -0.2) is 0 Å². The minimum Gasteiger partial charge on any atom is -0.506 e. The molecule has 0 saturated carbocycles. The Morgan fingerprint density at radius 1 is 1.04 bits per heavy atom. The maximum atomic E-state index is 12.5. The molecule has 3 aromatic rings. The van der Waals surface area contributed by atoms with Crippen LogP contribution in [-0.2, 0) is 4.79 Å². The number of halogens is 2. The molecule has 0 spiro atoms. The fraction of sp³-hybridized carbons (Fsp3) is 0. The Morgan fingerprint density at radius 2 is 1.81 bits per heavy atom. The summed E-state index contributed by atoms with van der Waals surface area (Å²) in [6.45, 7) is 0. The highest BCUT2D eigenvalue weighted by Gasteiger charge is 2.24. The van der Waals surface area contributed by atoms with Crippen molar-refractivity contribution < 1.29 is 9.90 Å². The molecule has 1 aliphatic heterocycles. The molecule has 1 amide bonds. The number of carbonyl (C=O) groups excluding carboxylic acids is 1. The third-order valence-electron chi connectivity index (χ3n) is 4.15. The molecule has 1 aliphatic rings. The summed E-state index contributed by atoms with van der Waals surface area (Å²) in [5.74, 6) is -0.0223. The Bertz CT molecular complexity index is 1040. The van der Waals surface area contributed by atoms with E-state index in [9.17, 15) is 9.90 Å². The number of benzene rings is 2. The van der Waals surface area contributed by atoms with Gasteiger partial charge >= 0.3 is 0 Å². The predicted molar refractivity (Wildman–Crippen MR) is 110 cm³/mol. The highest BCUT2D eigenvalue weighted by molar-refractivity contribution is 9.11. The van der Waals surface area contributed by atoms with Gasteiger partial charge in [0.1, 0.15) is 5.75 Å². The van der Waals surface area contributed by atoms with Crippen LogP contribution in [0.3, 0.4) is 0 Å². The normalized spacial score (nSPS) is 14.4. The first-order chi connectivity index (χ1) is 12.5. The van der Waals surface area contributed by atoms with E-state index in [1.165, 1.54) is 0 Å². The lowest BCUT2D eigenvalue weighted by atomic mass is 9.99. The maximum absolute atomic E-state index is 12.5. The standard InChI is InChI=1S/C20H12Br2N2O2/c21-16-7-11(8-17(22)19(16)25)6-15-14-9-12(13-2-1-5-23-10-13)3-4-18(14)24-20(15)26/h1-10,25H,(H,24,26)/b15-6-. The van der Waals surface area contributed by atoms with E-state index in [1.54, 1.807) is 24.5 Å². The van der Waals surface area contributed by atoms with E-state index in [2.05, 4.69) is 42.2 Å². The maximum Gasteiger partial charge on any atom is 0.256 e. The number of nitrogens with zero attached hydrogens (tertiary/aromatic N) is 1. The summed E-state index contributed by atoms with van der Waals surface area (Å²) in [6, 6.07) is 13.3. The second-order valence-electron chi connectivity index (χ2n) is 5.85. The third kappa shape index (κ3) is 3.06. The topological polar surface area (TPSA) is 62.2 Å². The van der Waals surface area contributed by atoms with E-state index < -0.39 is 0 Å². The van der Waals surface area contributed by atoms with Crippen molar-refractivity contribution in [3.8, 4) is 16.9 Å². The molecule has 0 radical (unpaired) electrons. The first kappa shape index (κ1) is 17.0. The van der Waals surface area contributed by atoms with Gasteiger partial charge in [-0.3, -0.25) is 9.78 Å². The Balaban J connectivity index is 1.82. The molecule has 0 atom stereocenters.